The molecule has 0 aromatic heterocycles. The van der Waals surface area contributed by atoms with Gasteiger partial charge in [0.25, 0.3) is 0 Å². The zero-order valence-electron chi connectivity index (χ0n) is 20.1. The summed E-state index contributed by atoms with van der Waals surface area (Å²) in [6.45, 7) is 1.69. The van der Waals surface area contributed by atoms with Gasteiger partial charge in [-0.3, -0.25) is 0 Å². The van der Waals surface area contributed by atoms with E-state index in [1.54, 1.807) is 6.07 Å². The summed E-state index contributed by atoms with van der Waals surface area (Å²) >= 11 is 0. The third-order valence-corrected chi connectivity index (χ3v) is 5.83. The lowest BCUT2D eigenvalue weighted by Crippen LogP contribution is -2.20. The first kappa shape index (κ1) is 27.9. The van der Waals surface area contributed by atoms with Crippen LogP contribution in [0.25, 0.3) is 21.9 Å². The van der Waals surface area contributed by atoms with Gasteiger partial charge in [0.05, 0.1) is 5.56 Å². The minimum Gasteiger partial charge on any atom is -0.489 e. The molecule has 4 aromatic carbocycles. The first-order valence-corrected chi connectivity index (χ1v) is 11.6. The third kappa shape index (κ3) is 6.50. The molecule has 2 nitrogen and oxygen atoms in total. The molecule has 10 heteroatoms. The molecule has 39 heavy (non-hydrogen) atoms. The molecule has 0 amide bonds. The lowest BCUT2D eigenvalue weighted by Gasteiger charge is -2.13. The van der Waals surface area contributed by atoms with Crippen molar-refractivity contribution >= 4 is 10.8 Å². The standard InChI is InChI=1S/C29H20F8O2/c1-2-9-38-20-13-22(30)26(23(31)14-20)19-7-8-21-18(12-19)6-5-17(27(21)34)4-3-16-10-24(32)28(25(33)11-16)39-15-29(35,36)37/h2,5-8,10-14H,1,3-4,9,15H2. The summed E-state index contributed by atoms with van der Waals surface area (Å²) in [6.07, 6.45) is -3.34. The molecular weight excluding hydrogens is 532 g/mol. The molecule has 0 atom stereocenters. The highest BCUT2D eigenvalue weighted by atomic mass is 19.4. The maximum absolute atomic E-state index is 15.2. The monoisotopic (exact) mass is 552 g/mol. The fourth-order valence-corrected chi connectivity index (χ4v) is 4.08. The lowest BCUT2D eigenvalue weighted by atomic mass is 9.96. The van der Waals surface area contributed by atoms with Crippen LogP contribution in [0.1, 0.15) is 11.1 Å². The first-order chi connectivity index (χ1) is 18.5. The van der Waals surface area contributed by atoms with Gasteiger partial charge in [-0.15, -0.1) is 0 Å². The molecule has 0 spiro atoms. The number of rotatable bonds is 9. The summed E-state index contributed by atoms with van der Waals surface area (Å²) < 4.78 is 119. The van der Waals surface area contributed by atoms with Gasteiger partial charge in [0.2, 0.25) is 0 Å². The molecule has 0 fully saturated rings. The van der Waals surface area contributed by atoms with E-state index in [2.05, 4.69) is 11.3 Å². The average Bonchev–Trinajstić information content (AvgIpc) is 2.85. The van der Waals surface area contributed by atoms with Gasteiger partial charge in [-0.25, -0.2) is 22.0 Å². The number of fused-ring (bicyclic) bond motifs is 1. The summed E-state index contributed by atoms with van der Waals surface area (Å²) in [5.74, 6) is -6.11. The largest absolute Gasteiger partial charge is 0.489 e. The lowest BCUT2D eigenvalue weighted by molar-refractivity contribution is -0.154. The predicted molar refractivity (Wildman–Crippen MR) is 130 cm³/mol. The zero-order valence-corrected chi connectivity index (χ0v) is 20.1. The van der Waals surface area contributed by atoms with Crippen molar-refractivity contribution in [2.75, 3.05) is 13.2 Å². The quantitative estimate of drug-likeness (QED) is 0.153. The molecule has 204 valence electrons. The number of hydrogen-bond acceptors (Lipinski definition) is 2. The van der Waals surface area contributed by atoms with Crippen LogP contribution in [0.3, 0.4) is 0 Å². The van der Waals surface area contributed by atoms with E-state index in [1.807, 2.05) is 0 Å². The summed E-state index contributed by atoms with van der Waals surface area (Å²) in [7, 11) is 0. The summed E-state index contributed by atoms with van der Waals surface area (Å²) in [4.78, 5) is 0. The van der Waals surface area contributed by atoms with E-state index >= 15 is 4.39 Å². The summed E-state index contributed by atoms with van der Waals surface area (Å²) in [5.41, 5.74) is 0.165. The van der Waals surface area contributed by atoms with Crippen molar-refractivity contribution in [2.45, 2.75) is 19.0 Å². The second-order valence-corrected chi connectivity index (χ2v) is 8.63. The van der Waals surface area contributed by atoms with Gasteiger partial charge in [0, 0.05) is 17.5 Å². The van der Waals surface area contributed by atoms with Crippen molar-refractivity contribution < 1.29 is 44.6 Å². The third-order valence-electron chi connectivity index (χ3n) is 5.83. The smallest absolute Gasteiger partial charge is 0.422 e. The van der Waals surface area contributed by atoms with Crippen molar-refractivity contribution in [3.63, 3.8) is 0 Å². The van der Waals surface area contributed by atoms with E-state index < -0.39 is 47.6 Å². The highest BCUT2D eigenvalue weighted by molar-refractivity contribution is 5.88. The number of ether oxygens (including phenoxy) is 2. The highest BCUT2D eigenvalue weighted by Crippen LogP contribution is 2.33. The van der Waals surface area contributed by atoms with E-state index in [0.717, 1.165) is 24.3 Å². The van der Waals surface area contributed by atoms with Crippen LogP contribution in [0.2, 0.25) is 0 Å². The Hall–Kier alpha value is -4.08. The number of benzene rings is 4. The Morgan fingerprint density at radius 2 is 1.41 bits per heavy atom. The zero-order chi connectivity index (χ0) is 28.3. The number of halogens is 8. The molecular formula is C29H20F8O2. The molecule has 4 rings (SSSR count). The van der Waals surface area contributed by atoms with Crippen molar-refractivity contribution in [3.8, 4) is 22.6 Å². The van der Waals surface area contributed by atoms with Crippen LogP contribution in [0.15, 0.2) is 67.3 Å². The van der Waals surface area contributed by atoms with Crippen LogP contribution in [0, 0.1) is 29.1 Å². The van der Waals surface area contributed by atoms with Gasteiger partial charge in [0.15, 0.2) is 24.0 Å². The predicted octanol–water partition coefficient (Wildman–Crippen LogP) is 8.49. The fraction of sp³-hybridized carbons (Fsp3) is 0.172. The summed E-state index contributed by atoms with van der Waals surface area (Å²) in [6, 6.07) is 10.9. The van der Waals surface area contributed by atoms with E-state index in [9.17, 15) is 30.7 Å². The molecule has 0 radical (unpaired) electrons. The van der Waals surface area contributed by atoms with Gasteiger partial charge >= 0.3 is 6.18 Å². The molecule has 0 saturated heterocycles. The van der Waals surface area contributed by atoms with Crippen LogP contribution in [0.4, 0.5) is 35.1 Å². The second-order valence-electron chi connectivity index (χ2n) is 8.63. The molecule has 0 aliphatic rings. The van der Waals surface area contributed by atoms with Crippen molar-refractivity contribution in [1.82, 2.24) is 0 Å². The molecule has 0 heterocycles. The molecule has 0 bridgehead atoms. The van der Waals surface area contributed by atoms with E-state index in [4.69, 9.17) is 4.74 Å². The maximum atomic E-state index is 15.2. The molecule has 0 N–H and O–H groups in total. The molecule has 0 aliphatic heterocycles. The number of aryl methyl sites for hydroxylation is 2. The van der Waals surface area contributed by atoms with Crippen molar-refractivity contribution in [1.29, 1.82) is 0 Å². The minimum absolute atomic E-state index is 0.00615. The Balaban J connectivity index is 1.54. The van der Waals surface area contributed by atoms with Gasteiger partial charge < -0.3 is 9.47 Å². The Morgan fingerprint density at radius 3 is 2.03 bits per heavy atom. The average molecular weight is 552 g/mol. The maximum Gasteiger partial charge on any atom is 0.422 e. The van der Waals surface area contributed by atoms with Crippen LogP contribution in [-0.4, -0.2) is 19.4 Å². The first-order valence-electron chi connectivity index (χ1n) is 11.6. The van der Waals surface area contributed by atoms with Gasteiger partial charge in [0.1, 0.15) is 29.8 Å². The second kappa shape index (κ2) is 11.3. The van der Waals surface area contributed by atoms with E-state index in [-0.39, 0.29) is 52.8 Å². The van der Waals surface area contributed by atoms with E-state index in [0.29, 0.717) is 5.39 Å². The molecule has 4 aromatic rings. The fourth-order valence-electron chi connectivity index (χ4n) is 4.08. The Labute approximate surface area is 218 Å². The Morgan fingerprint density at radius 1 is 0.744 bits per heavy atom. The molecule has 0 aliphatic carbocycles. The number of hydrogen-bond donors (Lipinski definition) is 0. The Kier molecular flexibility index (Phi) is 8.13. The highest BCUT2D eigenvalue weighted by Gasteiger charge is 2.30. The van der Waals surface area contributed by atoms with Gasteiger partial charge in [-0.05, 0) is 53.1 Å². The van der Waals surface area contributed by atoms with Crippen LogP contribution in [-0.2, 0) is 12.8 Å². The van der Waals surface area contributed by atoms with Crippen molar-refractivity contribution in [3.05, 3.63) is 107 Å². The molecule has 0 unspecified atom stereocenters. The summed E-state index contributed by atoms with van der Waals surface area (Å²) in [5, 5.41) is 0.527. The van der Waals surface area contributed by atoms with Crippen LogP contribution in [0.5, 0.6) is 11.5 Å². The molecule has 0 saturated carbocycles. The minimum atomic E-state index is -4.76. The normalized spacial score (nSPS) is 11.6. The Bertz CT molecular complexity index is 1480. The topological polar surface area (TPSA) is 18.5 Å². The van der Waals surface area contributed by atoms with Crippen LogP contribution < -0.4 is 9.47 Å². The van der Waals surface area contributed by atoms with Crippen LogP contribution >= 0.6 is 0 Å². The number of alkyl halides is 3. The van der Waals surface area contributed by atoms with E-state index in [1.165, 1.54) is 30.3 Å². The van der Waals surface area contributed by atoms with Gasteiger partial charge in [-0.1, -0.05) is 36.9 Å². The SMILES string of the molecule is C=CCOc1cc(F)c(-c2ccc3c(F)c(CCc4cc(F)c(OCC(F)(F)F)c(F)c4)ccc3c2)c(F)c1. The van der Waals surface area contributed by atoms with Crippen molar-refractivity contribution in [2.24, 2.45) is 0 Å². The van der Waals surface area contributed by atoms with Gasteiger partial charge in [-0.2, -0.15) is 13.2 Å².